The van der Waals surface area contributed by atoms with E-state index in [1.54, 1.807) is 7.05 Å². The number of carbonyl (C=O) groups is 1. The van der Waals surface area contributed by atoms with Crippen molar-refractivity contribution in [1.82, 2.24) is 10.6 Å². The fourth-order valence-electron chi connectivity index (χ4n) is 1.79. The van der Waals surface area contributed by atoms with Crippen molar-refractivity contribution in [2.24, 2.45) is 4.99 Å². The summed E-state index contributed by atoms with van der Waals surface area (Å²) in [4.78, 5) is 15.3. The summed E-state index contributed by atoms with van der Waals surface area (Å²) in [5.41, 5.74) is 0. The Morgan fingerprint density at radius 2 is 1.68 bits per heavy atom. The maximum Gasteiger partial charge on any atom is 0.305 e. The average Bonchev–Trinajstić information content (AvgIpc) is 2.48. The lowest BCUT2D eigenvalue weighted by molar-refractivity contribution is -0.143. The molecule has 0 radical (unpaired) electrons. The Hall–Kier alpha value is -0.570. The number of rotatable bonds is 12. The van der Waals surface area contributed by atoms with E-state index < -0.39 is 0 Å². The molecule has 0 amide bonds. The summed E-state index contributed by atoms with van der Waals surface area (Å²) in [6.07, 6.45) is 4.65. The molecule has 0 spiro atoms. The summed E-state index contributed by atoms with van der Waals surface area (Å²) < 4.78 is 10.1. The number of halogens is 1. The summed E-state index contributed by atoms with van der Waals surface area (Å²) in [5.74, 6) is 0.718. The first-order chi connectivity index (χ1) is 10.2. The van der Waals surface area contributed by atoms with Gasteiger partial charge in [-0.2, -0.15) is 0 Å². The van der Waals surface area contributed by atoms with Crippen LogP contribution in [0.4, 0.5) is 0 Å². The van der Waals surface area contributed by atoms with Crippen LogP contribution in [0.1, 0.15) is 46.0 Å². The molecule has 0 saturated heterocycles. The third-order valence-electron chi connectivity index (χ3n) is 2.87. The van der Waals surface area contributed by atoms with E-state index in [1.807, 2.05) is 13.8 Å². The zero-order valence-corrected chi connectivity index (χ0v) is 16.5. The van der Waals surface area contributed by atoms with Gasteiger partial charge in [-0.25, -0.2) is 0 Å². The number of nitrogens with zero attached hydrogens (tertiary/aromatic N) is 1. The lowest BCUT2D eigenvalue weighted by Gasteiger charge is -2.11. The molecule has 0 bridgehead atoms. The Bertz CT molecular complexity index is 289. The van der Waals surface area contributed by atoms with Crippen LogP contribution in [0.5, 0.6) is 0 Å². The minimum absolute atomic E-state index is 0. The number of esters is 1. The van der Waals surface area contributed by atoms with Gasteiger partial charge < -0.3 is 20.1 Å². The number of hydrogen-bond donors (Lipinski definition) is 2. The quantitative estimate of drug-likeness (QED) is 0.164. The van der Waals surface area contributed by atoms with E-state index in [1.165, 1.54) is 0 Å². The van der Waals surface area contributed by atoms with E-state index in [9.17, 15) is 4.79 Å². The lowest BCUT2D eigenvalue weighted by atomic mass is 10.1. The van der Waals surface area contributed by atoms with Gasteiger partial charge in [0.1, 0.15) is 0 Å². The Morgan fingerprint density at radius 3 is 2.32 bits per heavy atom. The second-order valence-corrected chi connectivity index (χ2v) is 4.59. The molecule has 132 valence electrons. The molecule has 7 heteroatoms. The van der Waals surface area contributed by atoms with E-state index >= 15 is 0 Å². The maximum absolute atomic E-state index is 11.1. The van der Waals surface area contributed by atoms with E-state index in [0.717, 1.165) is 51.3 Å². The number of hydrogen-bond acceptors (Lipinski definition) is 4. The third-order valence-corrected chi connectivity index (χ3v) is 2.87. The van der Waals surface area contributed by atoms with Crippen LogP contribution in [0.2, 0.25) is 0 Å². The van der Waals surface area contributed by atoms with Crippen molar-refractivity contribution < 1.29 is 14.3 Å². The minimum atomic E-state index is -0.0884. The Kier molecular flexibility index (Phi) is 19.9. The molecule has 0 aliphatic heterocycles. The Labute approximate surface area is 151 Å². The molecule has 0 aromatic heterocycles. The first-order valence-corrected chi connectivity index (χ1v) is 7.92. The van der Waals surface area contributed by atoms with Gasteiger partial charge in [-0.15, -0.1) is 24.0 Å². The molecule has 22 heavy (non-hydrogen) atoms. The van der Waals surface area contributed by atoms with Crippen molar-refractivity contribution in [3.05, 3.63) is 0 Å². The number of nitrogens with one attached hydrogen (secondary N) is 2. The third kappa shape index (κ3) is 15.8. The van der Waals surface area contributed by atoms with Crippen LogP contribution in [-0.4, -0.2) is 51.9 Å². The second-order valence-electron chi connectivity index (χ2n) is 4.59. The molecule has 2 N–H and O–H groups in total. The van der Waals surface area contributed by atoms with Crippen LogP contribution in [0, 0.1) is 0 Å². The van der Waals surface area contributed by atoms with Gasteiger partial charge in [-0.3, -0.25) is 9.79 Å². The number of unbranched alkanes of at least 4 members (excludes halogenated alkanes) is 3. The zero-order valence-electron chi connectivity index (χ0n) is 14.2. The van der Waals surface area contributed by atoms with Crippen molar-refractivity contribution in [2.45, 2.75) is 46.0 Å². The molecule has 0 atom stereocenters. The maximum atomic E-state index is 11.1. The molecule has 0 aromatic carbocycles. The normalized spacial score (nSPS) is 10.8. The van der Waals surface area contributed by atoms with Crippen LogP contribution >= 0.6 is 24.0 Å². The summed E-state index contributed by atoms with van der Waals surface area (Å²) in [5, 5.41) is 6.45. The highest BCUT2D eigenvalue weighted by Gasteiger charge is 2.01. The van der Waals surface area contributed by atoms with Gasteiger partial charge in [0.25, 0.3) is 0 Å². The minimum Gasteiger partial charge on any atom is -0.466 e. The zero-order chi connectivity index (χ0) is 15.8. The van der Waals surface area contributed by atoms with Crippen molar-refractivity contribution >= 4 is 35.9 Å². The van der Waals surface area contributed by atoms with Crippen molar-refractivity contribution in [2.75, 3.05) is 40.0 Å². The summed E-state index contributed by atoms with van der Waals surface area (Å²) in [7, 11) is 1.76. The molecule has 0 aromatic rings. The smallest absolute Gasteiger partial charge is 0.305 e. The van der Waals surface area contributed by atoms with Crippen LogP contribution in [0.3, 0.4) is 0 Å². The molecule has 6 nitrogen and oxygen atoms in total. The van der Waals surface area contributed by atoms with Crippen molar-refractivity contribution in [1.29, 1.82) is 0 Å². The summed E-state index contributed by atoms with van der Waals surface area (Å²) in [6.45, 7) is 7.34. The van der Waals surface area contributed by atoms with Gasteiger partial charge in [-0.1, -0.05) is 12.8 Å². The molecule has 0 heterocycles. The number of carbonyl (C=O) groups excluding carboxylic acids is 1. The highest BCUT2D eigenvalue weighted by molar-refractivity contribution is 14.0. The molecule has 0 unspecified atom stereocenters. The van der Waals surface area contributed by atoms with E-state index in [-0.39, 0.29) is 29.9 Å². The van der Waals surface area contributed by atoms with Crippen LogP contribution < -0.4 is 10.6 Å². The van der Waals surface area contributed by atoms with Gasteiger partial charge in [0, 0.05) is 33.2 Å². The topological polar surface area (TPSA) is 72.0 Å². The Balaban J connectivity index is 0. The molecule has 0 rings (SSSR count). The van der Waals surface area contributed by atoms with Crippen molar-refractivity contribution in [3.63, 3.8) is 0 Å². The Morgan fingerprint density at radius 1 is 1.00 bits per heavy atom. The summed E-state index contributed by atoms with van der Waals surface area (Å²) in [6, 6.07) is 0. The van der Waals surface area contributed by atoms with Gasteiger partial charge in [0.2, 0.25) is 0 Å². The molecule has 0 saturated carbocycles. The second kappa shape index (κ2) is 18.5. The molecule has 0 aliphatic rings. The predicted octanol–water partition coefficient (Wildman–Crippen LogP) is 2.32. The number of aliphatic imine (C=N–C) groups is 1. The van der Waals surface area contributed by atoms with E-state index in [2.05, 4.69) is 15.6 Å². The lowest BCUT2D eigenvalue weighted by Crippen LogP contribution is -2.39. The van der Waals surface area contributed by atoms with E-state index in [0.29, 0.717) is 19.6 Å². The number of guanidine groups is 1. The van der Waals surface area contributed by atoms with Crippen LogP contribution in [0.15, 0.2) is 4.99 Å². The highest BCUT2D eigenvalue weighted by atomic mass is 127. The largest absolute Gasteiger partial charge is 0.466 e. The molecule has 0 fully saturated rings. The fraction of sp³-hybridized carbons (Fsp3) is 0.867. The predicted molar refractivity (Wildman–Crippen MR) is 101 cm³/mol. The van der Waals surface area contributed by atoms with Gasteiger partial charge in [0.15, 0.2) is 5.96 Å². The molecular weight excluding hydrogens is 397 g/mol. The highest BCUT2D eigenvalue weighted by Crippen LogP contribution is 2.03. The monoisotopic (exact) mass is 429 g/mol. The standard InChI is InChI=1S/C15H31N3O3.HI/c1-4-20-13-12-18-15(16-3)17-11-9-7-6-8-10-14(19)21-5-2;/h4-13H2,1-3H3,(H2,16,17,18);1H. The first-order valence-electron chi connectivity index (χ1n) is 7.92. The molecule has 0 aliphatic carbocycles. The van der Waals surface area contributed by atoms with Crippen LogP contribution in [0.25, 0.3) is 0 Å². The number of ether oxygens (including phenoxy) is 2. The SMILES string of the molecule is CCOCCNC(=NC)NCCCCCCC(=O)OCC.I. The first kappa shape index (κ1) is 23.7. The van der Waals surface area contributed by atoms with E-state index in [4.69, 9.17) is 9.47 Å². The van der Waals surface area contributed by atoms with Gasteiger partial charge in [0.05, 0.1) is 13.2 Å². The summed E-state index contributed by atoms with van der Waals surface area (Å²) >= 11 is 0. The van der Waals surface area contributed by atoms with Crippen molar-refractivity contribution in [3.8, 4) is 0 Å². The van der Waals surface area contributed by atoms with Gasteiger partial charge in [-0.05, 0) is 26.7 Å². The molecular formula is C15H32IN3O3. The fourth-order valence-corrected chi connectivity index (χ4v) is 1.79. The average molecular weight is 429 g/mol. The van der Waals surface area contributed by atoms with Gasteiger partial charge >= 0.3 is 5.97 Å². The van der Waals surface area contributed by atoms with Crippen LogP contribution in [-0.2, 0) is 14.3 Å².